The molecule has 0 radical (unpaired) electrons. The van der Waals surface area contributed by atoms with E-state index in [1.807, 2.05) is 26.0 Å². The molecule has 2 rings (SSSR count). The highest BCUT2D eigenvalue weighted by Gasteiger charge is 2.37. The third-order valence-corrected chi connectivity index (χ3v) is 3.69. The first-order valence-electron chi connectivity index (χ1n) is 6.20. The summed E-state index contributed by atoms with van der Waals surface area (Å²) in [5.74, 6) is 0.0412. The largest absolute Gasteiger partial charge is 0.388 e. The van der Waals surface area contributed by atoms with E-state index >= 15 is 0 Å². The van der Waals surface area contributed by atoms with Crippen LogP contribution in [-0.4, -0.2) is 39.4 Å². The third-order valence-electron chi connectivity index (χ3n) is 3.50. The molecule has 1 aromatic rings. The first-order valence-corrected chi connectivity index (χ1v) is 6.61. The van der Waals surface area contributed by atoms with Gasteiger partial charge in [0.15, 0.2) is 0 Å². The molecule has 0 saturated carbocycles. The van der Waals surface area contributed by atoms with Crippen LogP contribution in [0.5, 0.6) is 0 Å². The van der Waals surface area contributed by atoms with Crippen LogP contribution in [0.1, 0.15) is 25.1 Å². The van der Waals surface area contributed by atoms with Gasteiger partial charge in [0.25, 0.3) is 0 Å². The van der Waals surface area contributed by atoms with Gasteiger partial charge >= 0.3 is 0 Å². The molecule has 5 nitrogen and oxygen atoms in total. The smallest absolute Gasteiger partial charge is 0.240 e. The van der Waals surface area contributed by atoms with Crippen molar-refractivity contribution >= 4 is 23.1 Å². The summed E-state index contributed by atoms with van der Waals surface area (Å²) in [6.07, 6.45) is 1.67. The van der Waals surface area contributed by atoms with E-state index in [2.05, 4.69) is 15.2 Å². The van der Waals surface area contributed by atoms with Crippen LogP contribution in [0.2, 0.25) is 0 Å². The lowest BCUT2D eigenvalue weighted by molar-refractivity contribution is -0.135. The number of amides is 1. The number of piperazine rings is 1. The van der Waals surface area contributed by atoms with E-state index in [0.29, 0.717) is 18.8 Å². The molecule has 1 fully saturated rings. The molecule has 102 valence electrons. The molecule has 19 heavy (non-hydrogen) atoms. The van der Waals surface area contributed by atoms with E-state index in [-0.39, 0.29) is 10.9 Å². The number of carbonyl (C=O) groups is 1. The van der Waals surface area contributed by atoms with Crippen LogP contribution >= 0.6 is 12.2 Å². The lowest BCUT2D eigenvalue weighted by Crippen LogP contribution is -2.61. The fourth-order valence-electron chi connectivity index (χ4n) is 2.21. The summed E-state index contributed by atoms with van der Waals surface area (Å²) in [6.45, 7) is 5.90. The summed E-state index contributed by atoms with van der Waals surface area (Å²) in [5.41, 5.74) is 6.74. The highest BCUT2D eigenvalue weighted by Crippen LogP contribution is 2.21. The summed E-state index contributed by atoms with van der Waals surface area (Å²) in [6, 6.07) is 3.80. The molecular formula is C13H18N4OS. The number of hydrogen-bond acceptors (Lipinski definition) is 4. The van der Waals surface area contributed by atoms with Gasteiger partial charge in [-0.15, -0.1) is 0 Å². The number of rotatable bonds is 3. The highest BCUT2D eigenvalue weighted by atomic mass is 32.1. The van der Waals surface area contributed by atoms with Crippen molar-refractivity contribution in [2.75, 3.05) is 13.1 Å². The summed E-state index contributed by atoms with van der Waals surface area (Å²) >= 11 is 5.02. The van der Waals surface area contributed by atoms with Gasteiger partial charge in [-0.2, -0.15) is 0 Å². The maximum absolute atomic E-state index is 11.9. The fourth-order valence-corrected chi connectivity index (χ4v) is 2.40. The Morgan fingerprint density at radius 2 is 2.37 bits per heavy atom. The molecule has 0 aromatic carbocycles. The molecule has 3 N–H and O–H groups in total. The monoisotopic (exact) mass is 278 g/mol. The van der Waals surface area contributed by atoms with Crippen molar-refractivity contribution < 1.29 is 4.79 Å². The van der Waals surface area contributed by atoms with Crippen molar-refractivity contribution in [2.45, 2.75) is 25.9 Å². The second-order valence-electron chi connectivity index (χ2n) is 5.11. The SMILES string of the molecule is CC1(C)C(=O)NCCN1Cc1cccnc1C(N)=S. The number of pyridine rings is 1. The molecule has 1 amide bonds. The van der Waals surface area contributed by atoms with Gasteiger partial charge in [-0.25, -0.2) is 0 Å². The first-order chi connectivity index (χ1) is 8.93. The molecule has 1 aliphatic heterocycles. The van der Waals surface area contributed by atoms with Gasteiger partial charge in [-0.1, -0.05) is 18.3 Å². The van der Waals surface area contributed by atoms with E-state index in [1.54, 1.807) is 6.20 Å². The minimum Gasteiger partial charge on any atom is -0.388 e. The van der Waals surface area contributed by atoms with Gasteiger partial charge in [0.1, 0.15) is 10.7 Å². The lowest BCUT2D eigenvalue weighted by Gasteiger charge is -2.41. The Bertz CT molecular complexity index is 515. The number of nitrogens with zero attached hydrogens (tertiary/aromatic N) is 2. The highest BCUT2D eigenvalue weighted by molar-refractivity contribution is 7.80. The number of nitrogens with two attached hydrogens (primary N) is 1. The Balaban J connectivity index is 2.26. The molecule has 1 aliphatic rings. The zero-order valence-electron chi connectivity index (χ0n) is 11.1. The summed E-state index contributed by atoms with van der Waals surface area (Å²) in [7, 11) is 0. The zero-order chi connectivity index (χ0) is 14.0. The maximum Gasteiger partial charge on any atom is 0.240 e. The van der Waals surface area contributed by atoms with E-state index in [9.17, 15) is 4.79 Å². The predicted molar refractivity (Wildman–Crippen MR) is 77.6 cm³/mol. The number of nitrogens with one attached hydrogen (secondary N) is 1. The summed E-state index contributed by atoms with van der Waals surface area (Å²) in [5, 5.41) is 2.88. The van der Waals surface area contributed by atoms with Crippen LogP contribution < -0.4 is 11.1 Å². The molecule has 2 heterocycles. The third kappa shape index (κ3) is 2.74. The quantitative estimate of drug-likeness (QED) is 0.784. The van der Waals surface area contributed by atoms with Crippen LogP contribution in [0.25, 0.3) is 0 Å². The second-order valence-corrected chi connectivity index (χ2v) is 5.55. The van der Waals surface area contributed by atoms with Crippen LogP contribution in [-0.2, 0) is 11.3 Å². The number of hydrogen-bond donors (Lipinski definition) is 2. The predicted octanol–water partition coefficient (Wildman–Crippen LogP) is 0.426. The van der Waals surface area contributed by atoms with E-state index in [1.165, 1.54) is 0 Å². The topological polar surface area (TPSA) is 71.2 Å². The number of aromatic nitrogens is 1. The van der Waals surface area contributed by atoms with Crippen LogP contribution in [0.4, 0.5) is 0 Å². The molecular weight excluding hydrogens is 260 g/mol. The molecule has 1 aromatic heterocycles. The van der Waals surface area contributed by atoms with Gasteiger partial charge in [-0.3, -0.25) is 14.7 Å². The van der Waals surface area contributed by atoms with Crippen LogP contribution in [0.3, 0.4) is 0 Å². The number of thiocarbonyl (C=S) groups is 1. The van der Waals surface area contributed by atoms with Crippen molar-refractivity contribution in [1.82, 2.24) is 15.2 Å². The van der Waals surface area contributed by atoms with E-state index in [4.69, 9.17) is 18.0 Å². The molecule has 0 unspecified atom stereocenters. The van der Waals surface area contributed by atoms with Crippen LogP contribution in [0, 0.1) is 0 Å². The van der Waals surface area contributed by atoms with Crippen molar-refractivity contribution in [2.24, 2.45) is 5.73 Å². The molecule has 1 saturated heterocycles. The van der Waals surface area contributed by atoms with Gasteiger partial charge in [0.2, 0.25) is 5.91 Å². The summed E-state index contributed by atoms with van der Waals surface area (Å²) < 4.78 is 0. The van der Waals surface area contributed by atoms with Gasteiger partial charge < -0.3 is 11.1 Å². The minimum absolute atomic E-state index is 0.0412. The van der Waals surface area contributed by atoms with Crippen molar-refractivity contribution in [3.8, 4) is 0 Å². The summed E-state index contributed by atoms with van der Waals surface area (Å²) in [4.78, 5) is 18.5. The van der Waals surface area contributed by atoms with E-state index in [0.717, 1.165) is 12.1 Å². The zero-order valence-corrected chi connectivity index (χ0v) is 12.0. The van der Waals surface area contributed by atoms with Gasteiger partial charge in [0.05, 0.1) is 5.54 Å². The second kappa shape index (κ2) is 5.22. The Labute approximate surface area is 118 Å². The molecule has 0 bridgehead atoms. The van der Waals surface area contributed by atoms with Crippen molar-refractivity contribution in [1.29, 1.82) is 0 Å². The van der Waals surface area contributed by atoms with Gasteiger partial charge in [-0.05, 0) is 25.5 Å². The Hall–Kier alpha value is -1.53. The Morgan fingerprint density at radius 3 is 3.05 bits per heavy atom. The Kier molecular flexibility index (Phi) is 3.82. The minimum atomic E-state index is -0.540. The molecule has 0 atom stereocenters. The van der Waals surface area contributed by atoms with Gasteiger partial charge in [0, 0.05) is 25.8 Å². The molecule has 0 spiro atoms. The first kappa shape index (κ1) is 13.9. The fraction of sp³-hybridized carbons (Fsp3) is 0.462. The van der Waals surface area contributed by atoms with Crippen LogP contribution in [0.15, 0.2) is 18.3 Å². The Morgan fingerprint density at radius 1 is 1.63 bits per heavy atom. The average molecular weight is 278 g/mol. The van der Waals surface area contributed by atoms with E-state index < -0.39 is 5.54 Å². The lowest BCUT2D eigenvalue weighted by atomic mass is 9.97. The molecule has 6 heteroatoms. The normalized spacial score (nSPS) is 18.9. The standard InChI is InChI=1S/C13H18N4OS/c1-13(2)12(18)16-6-7-17(13)8-9-4-3-5-15-10(9)11(14)19/h3-5H,6-8H2,1-2H3,(H2,14,19)(H,16,18). The van der Waals surface area contributed by atoms with Crippen molar-refractivity contribution in [3.05, 3.63) is 29.6 Å². The molecule has 0 aliphatic carbocycles. The van der Waals surface area contributed by atoms with Crippen molar-refractivity contribution in [3.63, 3.8) is 0 Å². The average Bonchev–Trinajstić information content (AvgIpc) is 2.36. The number of carbonyl (C=O) groups excluding carboxylic acids is 1. The maximum atomic E-state index is 11.9.